The van der Waals surface area contributed by atoms with E-state index in [1.165, 1.54) is 121 Å². The summed E-state index contributed by atoms with van der Waals surface area (Å²) in [6.07, 6.45) is 25.3. The molecule has 1 aromatic heterocycles. The lowest BCUT2D eigenvalue weighted by Gasteiger charge is -2.23. The van der Waals surface area contributed by atoms with E-state index in [9.17, 15) is 9.18 Å². The smallest absolute Gasteiger partial charge is 0.404 e. The fraction of sp³-hybridized carbons (Fsp3) is 0.611. The molecule has 2 heterocycles. The summed E-state index contributed by atoms with van der Waals surface area (Å²) in [5, 5.41) is 3.67. The number of alkyl halides is 1. The Morgan fingerprint density at radius 3 is 1.98 bits per heavy atom. The van der Waals surface area contributed by atoms with Crippen molar-refractivity contribution in [3.63, 3.8) is 0 Å². The molecule has 1 aliphatic carbocycles. The van der Waals surface area contributed by atoms with Crippen LogP contribution in [0.4, 0.5) is 14.5 Å². The average Bonchev–Trinajstić information content (AvgIpc) is 3.87. The first-order chi connectivity index (χ1) is 30.4. The van der Waals surface area contributed by atoms with Gasteiger partial charge in [0.2, 0.25) is 5.91 Å². The lowest BCUT2D eigenvalue weighted by molar-refractivity contribution is -0.173. The number of benzene rings is 3. The predicted molar refractivity (Wildman–Crippen MR) is 253 cm³/mol. The summed E-state index contributed by atoms with van der Waals surface area (Å²) in [5.41, 5.74) is 2.94. The number of unbranched alkanes of at least 4 members (excludes halogenated alkanes) is 14. The third-order valence-corrected chi connectivity index (χ3v) is 13.5. The number of aromatic amines is 1. The summed E-state index contributed by atoms with van der Waals surface area (Å²) >= 11 is 0. The van der Waals surface area contributed by atoms with Crippen LogP contribution in [0.1, 0.15) is 192 Å². The van der Waals surface area contributed by atoms with Crippen LogP contribution in [0.15, 0.2) is 60.7 Å². The second-order valence-electron chi connectivity index (χ2n) is 19.2. The minimum atomic E-state index is -2.24. The van der Waals surface area contributed by atoms with Gasteiger partial charge in [-0.1, -0.05) is 136 Å². The second kappa shape index (κ2) is 23.2. The van der Waals surface area contributed by atoms with Crippen LogP contribution in [0.25, 0.3) is 10.9 Å². The van der Waals surface area contributed by atoms with Gasteiger partial charge in [0.15, 0.2) is 11.5 Å². The number of carbonyl (C=O) groups excluding carboxylic acids is 1. The van der Waals surface area contributed by atoms with Gasteiger partial charge in [-0.25, -0.2) is 4.39 Å². The summed E-state index contributed by atoms with van der Waals surface area (Å²) in [4.78, 5) is 16.9. The first kappa shape index (κ1) is 48.3. The van der Waals surface area contributed by atoms with Crippen LogP contribution in [-0.2, 0) is 20.4 Å². The van der Waals surface area contributed by atoms with Gasteiger partial charge in [0, 0.05) is 48.2 Å². The molecule has 2 atom stereocenters. The number of hydrogen-bond acceptors (Lipinski definition) is 5. The van der Waals surface area contributed by atoms with Gasteiger partial charge >= 0.3 is 6.04 Å². The van der Waals surface area contributed by atoms with E-state index in [-0.39, 0.29) is 22.8 Å². The molecule has 0 spiro atoms. The van der Waals surface area contributed by atoms with Crippen molar-refractivity contribution >= 4 is 22.5 Å². The molecule has 3 aromatic carbocycles. The minimum absolute atomic E-state index is 0.137. The molecule has 1 amide bonds. The Hall–Kier alpha value is -4.11. The number of rotatable bonds is 30. The van der Waals surface area contributed by atoms with E-state index in [2.05, 4.69) is 62.3 Å². The molecule has 7 nitrogen and oxygen atoms in total. The monoisotopic (exact) mass is 871 g/mol. The Labute approximate surface area is 376 Å². The lowest BCUT2D eigenvalue weighted by Crippen LogP contribution is -2.28. The first-order valence-corrected chi connectivity index (χ1v) is 24.6. The van der Waals surface area contributed by atoms with Crippen molar-refractivity contribution in [2.24, 2.45) is 0 Å². The predicted octanol–water partition coefficient (Wildman–Crippen LogP) is 15.3. The van der Waals surface area contributed by atoms with E-state index in [0.717, 1.165) is 49.3 Å². The molecular formula is C54H76F2N2O5. The van der Waals surface area contributed by atoms with Crippen molar-refractivity contribution in [2.45, 2.75) is 192 Å². The topological polar surface area (TPSA) is 81.8 Å². The average molecular weight is 871 g/mol. The molecule has 2 unspecified atom stereocenters. The van der Waals surface area contributed by atoms with E-state index in [4.69, 9.17) is 18.9 Å². The van der Waals surface area contributed by atoms with Crippen molar-refractivity contribution in [2.75, 3.05) is 25.1 Å². The van der Waals surface area contributed by atoms with Gasteiger partial charge in [-0.05, 0) is 98.4 Å². The number of hydrogen-bond donors (Lipinski definition) is 2. The number of carbonyl (C=O) groups is 1. The lowest BCUT2D eigenvalue weighted by atomic mass is 9.86. The van der Waals surface area contributed by atoms with E-state index in [1.54, 1.807) is 24.3 Å². The molecular weight excluding hydrogens is 795 g/mol. The molecule has 2 aliphatic rings. The molecule has 1 fully saturated rings. The van der Waals surface area contributed by atoms with Crippen molar-refractivity contribution in [3.05, 3.63) is 83.3 Å². The van der Waals surface area contributed by atoms with Crippen LogP contribution < -0.4 is 19.5 Å². The van der Waals surface area contributed by atoms with Crippen molar-refractivity contribution in [1.29, 1.82) is 0 Å². The Morgan fingerprint density at radius 2 is 1.38 bits per heavy atom. The second-order valence-corrected chi connectivity index (χ2v) is 19.2. The Balaban J connectivity index is 0.754. The molecule has 0 bridgehead atoms. The number of ether oxygens (including phenoxy) is 4. The molecule has 0 saturated heterocycles. The standard InChI is InChI=1S/C54H76F2N2O5/c1-6-23-40(7-2)41-24-27-44(28-25-41)61-34-22-20-18-16-14-12-10-8-9-11-13-15-17-19-21-33-60-35-32-52(3,4)50-37-42-36-47(45(55)39-46(42)57-50)58-51(59)54(30-31-54)43-26-29-48-49(38-43)63-53(5,56)62-48/h24-29,36-40,57H,6-23,30-35H2,1-5H3,(H,58,59). The number of amides is 1. The van der Waals surface area contributed by atoms with Crippen molar-refractivity contribution in [1.82, 2.24) is 4.98 Å². The van der Waals surface area contributed by atoms with Crippen LogP contribution in [0.5, 0.6) is 17.2 Å². The zero-order chi connectivity index (χ0) is 44.7. The minimum Gasteiger partial charge on any atom is -0.494 e. The summed E-state index contributed by atoms with van der Waals surface area (Å²) < 4.78 is 52.0. The van der Waals surface area contributed by atoms with Gasteiger partial charge in [0.25, 0.3) is 0 Å². The highest BCUT2D eigenvalue weighted by Crippen LogP contribution is 2.52. The first-order valence-electron chi connectivity index (χ1n) is 24.6. The number of halogens is 2. The summed E-state index contributed by atoms with van der Waals surface area (Å²) in [5.74, 6) is 1.44. The number of anilines is 1. The molecule has 63 heavy (non-hydrogen) atoms. The third-order valence-electron chi connectivity index (χ3n) is 13.5. The highest BCUT2D eigenvalue weighted by molar-refractivity contribution is 6.02. The molecule has 1 saturated carbocycles. The fourth-order valence-electron chi connectivity index (χ4n) is 9.16. The molecule has 1 aliphatic heterocycles. The number of H-pyrrole nitrogens is 1. The largest absolute Gasteiger partial charge is 0.494 e. The number of aromatic nitrogens is 1. The van der Waals surface area contributed by atoms with Gasteiger partial charge in [-0.3, -0.25) is 4.79 Å². The van der Waals surface area contributed by atoms with E-state index in [1.807, 2.05) is 6.07 Å². The van der Waals surface area contributed by atoms with Gasteiger partial charge in [0.1, 0.15) is 11.6 Å². The number of fused-ring (bicyclic) bond motifs is 2. The maximum atomic E-state index is 15.3. The normalized spacial score (nSPS) is 17.0. The SMILES string of the molecule is CCCC(CC)c1ccc(OCCCCCCCCCCCCCCCCCOCCC(C)(C)c2cc3cc(NC(=O)C4(c5ccc6c(c5)OC(C)(F)O6)CC4)c(F)cc3[nH]2)cc1. The van der Waals surface area contributed by atoms with Crippen molar-refractivity contribution in [3.8, 4) is 17.2 Å². The fourth-order valence-corrected chi connectivity index (χ4v) is 9.16. The summed E-state index contributed by atoms with van der Waals surface area (Å²) in [7, 11) is 0. The molecule has 6 rings (SSSR count). The Morgan fingerprint density at radius 1 is 0.778 bits per heavy atom. The summed E-state index contributed by atoms with van der Waals surface area (Å²) in [6.45, 7) is 12.3. The Kier molecular flexibility index (Phi) is 17.8. The highest BCUT2D eigenvalue weighted by atomic mass is 19.2. The molecule has 9 heteroatoms. The number of nitrogens with one attached hydrogen (secondary N) is 2. The van der Waals surface area contributed by atoms with Crippen molar-refractivity contribution < 1.29 is 32.5 Å². The highest BCUT2D eigenvalue weighted by Gasteiger charge is 2.52. The van der Waals surface area contributed by atoms with E-state index < -0.39 is 17.3 Å². The zero-order valence-corrected chi connectivity index (χ0v) is 39.1. The van der Waals surface area contributed by atoms with Crippen LogP contribution in [-0.4, -0.2) is 36.8 Å². The van der Waals surface area contributed by atoms with Crippen LogP contribution in [0.2, 0.25) is 0 Å². The van der Waals surface area contributed by atoms with Crippen LogP contribution in [0, 0.1) is 5.82 Å². The van der Waals surface area contributed by atoms with Gasteiger partial charge in [0.05, 0.1) is 17.7 Å². The molecule has 4 aromatic rings. The zero-order valence-electron chi connectivity index (χ0n) is 39.1. The van der Waals surface area contributed by atoms with E-state index >= 15 is 4.39 Å². The third kappa shape index (κ3) is 13.9. The van der Waals surface area contributed by atoms with E-state index in [0.29, 0.717) is 42.2 Å². The maximum Gasteiger partial charge on any atom is 0.404 e. The van der Waals surface area contributed by atoms with Gasteiger partial charge in [-0.15, -0.1) is 0 Å². The molecule has 2 N–H and O–H groups in total. The van der Waals surface area contributed by atoms with Crippen LogP contribution in [0.3, 0.4) is 0 Å². The van der Waals surface area contributed by atoms with Gasteiger partial charge in [-0.2, -0.15) is 4.39 Å². The maximum absolute atomic E-state index is 15.3. The molecule has 0 radical (unpaired) electrons. The van der Waals surface area contributed by atoms with Crippen LogP contribution >= 0.6 is 0 Å². The summed E-state index contributed by atoms with van der Waals surface area (Å²) in [6, 6.07) is 16.8. The Bertz CT molecular complexity index is 2020. The molecule has 346 valence electrons. The van der Waals surface area contributed by atoms with Gasteiger partial charge < -0.3 is 29.2 Å². The quantitative estimate of drug-likeness (QED) is 0.0510.